The second-order valence-corrected chi connectivity index (χ2v) is 5.60. The zero-order valence-electron chi connectivity index (χ0n) is 12.7. The summed E-state index contributed by atoms with van der Waals surface area (Å²) < 4.78 is 5.21. The summed E-state index contributed by atoms with van der Waals surface area (Å²) >= 11 is 0. The zero-order valence-corrected chi connectivity index (χ0v) is 12.7. The van der Waals surface area contributed by atoms with Crippen LogP contribution in [0.2, 0.25) is 0 Å². The van der Waals surface area contributed by atoms with Gasteiger partial charge in [0.2, 0.25) is 0 Å². The first kappa shape index (κ1) is 15.3. The van der Waals surface area contributed by atoms with Crippen LogP contribution in [0.15, 0.2) is 35.5 Å². The Bertz CT molecular complexity index is 746. The van der Waals surface area contributed by atoms with E-state index in [1.54, 1.807) is 18.2 Å². The molecule has 0 aromatic heterocycles. The summed E-state index contributed by atoms with van der Waals surface area (Å²) in [7, 11) is 1.52. The van der Waals surface area contributed by atoms with E-state index in [9.17, 15) is 15.1 Å². The van der Waals surface area contributed by atoms with Crippen LogP contribution in [0, 0.1) is 4.91 Å². The fraction of sp³-hybridized carbons (Fsp3) is 0.294. The Balaban J connectivity index is 1.94. The predicted octanol–water partition coefficient (Wildman–Crippen LogP) is 2.93. The predicted molar refractivity (Wildman–Crippen MR) is 86.4 cm³/mol. The Morgan fingerprint density at radius 2 is 2.09 bits per heavy atom. The van der Waals surface area contributed by atoms with E-state index < -0.39 is 0 Å². The molecule has 0 saturated heterocycles. The van der Waals surface area contributed by atoms with Gasteiger partial charge in [-0.15, -0.1) is 4.91 Å². The number of benzene rings is 2. The molecule has 0 saturated carbocycles. The van der Waals surface area contributed by atoms with Crippen molar-refractivity contribution in [3.05, 3.63) is 51.9 Å². The van der Waals surface area contributed by atoms with E-state index in [1.807, 2.05) is 6.07 Å². The van der Waals surface area contributed by atoms with Crippen LogP contribution in [0.5, 0.6) is 17.2 Å². The van der Waals surface area contributed by atoms with Gasteiger partial charge in [-0.3, -0.25) is 0 Å². The van der Waals surface area contributed by atoms with Gasteiger partial charge in [0.25, 0.3) is 0 Å². The Morgan fingerprint density at radius 3 is 2.78 bits per heavy atom. The van der Waals surface area contributed by atoms with Gasteiger partial charge >= 0.3 is 0 Å². The minimum atomic E-state index is -0.136. The van der Waals surface area contributed by atoms with E-state index in [0.29, 0.717) is 12.2 Å². The smallest absolute Gasteiger partial charge is 0.157 e. The van der Waals surface area contributed by atoms with Gasteiger partial charge in [0.1, 0.15) is 11.4 Å². The zero-order chi connectivity index (χ0) is 16.4. The molecule has 6 nitrogen and oxygen atoms in total. The number of phenolic OH excluding ortho intramolecular Hbond substituents is 2. The number of methoxy groups -OCH3 is 1. The number of nitrogens with one attached hydrogen (secondary N) is 1. The number of phenols is 2. The summed E-state index contributed by atoms with van der Waals surface area (Å²) in [6.45, 7) is 0.818. The van der Waals surface area contributed by atoms with Crippen LogP contribution in [0.1, 0.15) is 22.7 Å². The van der Waals surface area contributed by atoms with Crippen molar-refractivity contribution in [1.29, 1.82) is 0 Å². The molecule has 0 spiro atoms. The maximum absolute atomic E-state index is 11.0. The summed E-state index contributed by atoms with van der Waals surface area (Å²) in [5, 5.41) is 25.5. The van der Waals surface area contributed by atoms with Crippen molar-refractivity contribution in [2.45, 2.75) is 18.9 Å². The maximum Gasteiger partial charge on any atom is 0.157 e. The Morgan fingerprint density at radius 1 is 1.26 bits per heavy atom. The molecule has 0 bridgehead atoms. The van der Waals surface area contributed by atoms with Gasteiger partial charge in [-0.2, -0.15) is 0 Å². The lowest BCUT2D eigenvalue weighted by Crippen LogP contribution is -2.31. The normalized spacial score (nSPS) is 16.7. The van der Waals surface area contributed by atoms with Gasteiger partial charge in [0.05, 0.1) is 7.11 Å². The fourth-order valence-electron chi connectivity index (χ4n) is 3.01. The molecule has 1 unspecified atom stereocenters. The van der Waals surface area contributed by atoms with E-state index in [4.69, 9.17) is 4.74 Å². The minimum Gasteiger partial charge on any atom is -0.504 e. The van der Waals surface area contributed by atoms with Crippen LogP contribution in [0.4, 0.5) is 5.69 Å². The van der Waals surface area contributed by atoms with E-state index in [1.165, 1.54) is 13.2 Å². The lowest BCUT2D eigenvalue weighted by Gasteiger charge is -2.28. The summed E-state index contributed by atoms with van der Waals surface area (Å²) in [6.07, 6.45) is 1.48. The topological polar surface area (TPSA) is 91.2 Å². The largest absolute Gasteiger partial charge is 0.504 e. The van der Waals surface area contributed by atoms with Crippen LogP contribution in [-0.4, -0.2) is 23.9 Å². The van der Waals surface area contributed by atoms with Crippen molar-refractivity contribution >= 4 is 5.69 Å². The van der Waals surface area contributed by atoms with Crippen LogP contribution in [0.3, 0.4) is 0 Å². The number of hydrogen-bond acceptors (Lipinski definition) is 6. The molecule has 3 N–H and O–H groups in total. The molecule has 6 heteroatoms. The lowest BCUT2D eigenvalue weighted by atomic mass is 9.89. The molecule has 0 aliphatic carbocycles. The van der Waals surface area contributed by atoms with Crippen molar-refractivity contribution in [3.8, 4) is 17.2 Å². The summed E-state index contributed by atoms with van der Waals surface area (Å²) in [5.74, 6) is 0.216. The van der Waals surface area contributed by atoms with Crippen molar-refractivity contribution in [2.75, 3.05) is 13.7 Å². The van der Waals surface area contributed by atoms with Crippen LogP contribution in [-0.2, 0) is 12.8 Å². The first-order valence-electron chi connectivity index (χ1n) is 7.40. The highest BCUT2D eigenvalue weighted by Gasteiger charge is 2.23. The third kappa shape index (κ3) is 2.98. The van der Waals surface area contributed by atoms with Crippen LogP contribution >= 0.6 is 0 Å². The first-order valence-corrected chi connectivity index (χ1v) is 7.40. The molecule has 120 valence electrons. The molecule has 2 aromatic carbocycles. The molecule has 1 aliphatic heterocycles. The Kier molecular flexibility index (Phi) is 4.16. The number of hydrogen-bond donors (Lipinski definition) is 3. The first-order chi connectivity index (χ1) is 11.1. The molecule has 1 heterocycles. The summed E-state index contributed by atoms with van der Waals surface area (Å²) in [5.41, 5.74) is 3.32. The van der Waals surface area contributed by atoms with Crippen molar-refractivity contribution < 1.29 is 14.9 Å². The highest BCUT2D eigenvalue weighted by Crippen LogP contribution is 2.37. The molecular weight excluding hydrogens is 296 g/mol. The van der Waals surface area contributed by atoms with E-state index in [2.05, 4.69) is 10.5 Å². The highest BCUT2D eigenvalue weighted by molar-refractivity contribution is 5.57. The number of nitrogens with zero attached hydrogens (tertiary/aromatic N) is 1. The van der Waals surface area contributed by atoms with E-state index in [-0.39, 0.29) is 23.2 Å². The standard InChI is InChI=1S/C17H18N2O4/c1-23-17-8-11-4-5-18-13(12(11)9-14(17)19-22)6-10-2-3-15(20)16(21)7-10/h2-3,7-9,13,18,20-21H,4-6H2,1H3. The molecule has 1 atom stereocenters. The molecule has 1 aliphatic rings. The highest BCUT2D eigenvalue weighted by atomic mass is 16.5. The van der Waals surface area contributed by atoms with Crippen LogP contribution < -0.4 is 10.1 Å². The fourth-order valence-corrected chi connectivity index (χ4v) is 3.01. The monoisotopic (exact) mass is 314 g/mol. The van der Waals surface area contributed by atoms with Crippen molar-refractivity contribution in [1.82, 2.24) is 5.32 Å². The van der Waals surface area contributed by atoms with Gasteiger partial charge in [0.15, 0.2) is 11.5 Å². The second-order valence-electron chi connectivity index (χ2n) is 5.60. The second kappa shape index (κ2) is 6.26. The molecule has 0 radical (unpaired) electrons. The maximum atomic E-state index is 11.0. The van der Waals surface area contributed by atoms with E-state index in [0.717, 1.165) is 29.7 Å². The number of aromatic hydroxyl groups is 2. The summed E-state index contributed by atoms with van der Waals surface area (Å²) in [6, 6.07) is 8.43. The number of ether oxygens (including phenoxy) is 1. The van der Waals surface area contributed by atoms with Gasteiger partial charge in [-0.1, -0.05) is 6.07 Å². The van der Waals surface area contributed by atoms with Crippen LogP contribution in [0.25, 0.3) is 0 Å². The molecule has 0 amide bonds. The third-order valence-electron chi connectivity index (χ3n) is 4.18. The average molecular weight is 314 g/mol. The van der Waals surface area contributed by atoms with Gasteiger partial charge in [0, 0.05) is 6.04 Å². The average Bonchev–Trinajstić information content (AvgIpc) is 2.57. The lowest BCUT2D eigenvalue weighted by molar-refractivity contribution is 0.402. The molecule has 3 rings (SSSR count). The SMILES string of the molecule is COc1cc2c(cc1N=O)C(Cc1ccc(O)c(O)c1)NCC2. The number of nitroso groups, excluding NO2 is 1. The van der Waals surface area contributed by atoms with Gasteiger partial charge in [-0.05, 0) is 65.5 Å². The molecule has 23 heavy (non-hydrogen) atoms. The van der Waals surface area contributed by atoms with E-state index >= 15 is 0 Å². The van der Waals surface area contributed by atoms with Gasteiger partial charge in [-0.25, -0.2) is 0 Å². The molecule has 2 aromatic rings. The van der Waals surface area contributed by atoms with Crippen molar-refractivity contribution in [2.24, 2.45) is 5.18 Å². The number of fused-ring (bicyclic) bond motifs is 1. The Labute approximate surface area is 133 Å². The molecule has 0 fully saturated rings. The third-order valence-corrected chi connectivity index (χ3v) is 4.18. The Hall–Kier alpha value is -2.60. The number of rotatable bonds is 4. The quantitative estimate of drug-likeness (QED) is 0.596. The van der Waals surface area contributed by atoms with Crippen molar-refractivity contribution in [3.63, 3.8) is 0 Å². The molecular formula is C17H18N2O4. The van der Waals surface area contributed by atoms with Gasteiger partial charge < -0.3 is 20.3 Å². The summed E-state index contributed by atoms with van der Waals surface area (Å²) in [4.78, 5) is 11.0. The minimum absolute atomic E-state index is 0.00842.